The number of halogens is 2. The molecule has 2 aliphatic heterocycles. The van der Waals surface area contributed by atoms with E-state index in [0.717, 1.165) is 5.56 Å². The van der Waals surface area contributed by atoms with Crippen molar-refractivity contribution < 1.29 is 19.1 Å². The minimum absolute atomic E-state index is 0.180. The Kier molecular flexibility index (Phi) is 6.09. The van der Waals surface area contributed by atoms with Gasteiger partial charge in [0.1, 0.15) is 17.3 Å². The highest BCUT2D eigenvalue weighted by molar-refractivity contribution is 6.32. The first-order chi connectivity index (χ1) is 19.1. The van der Waals surface area contributed by atoms with E-state index in [9.17, 15) is 9.59 Å². The highest BCUT2D eigenvalue weighted by Gasteiger charge is 2.64. The van der Waals surface area contributed by atoms with Crippen LogP contribution in [0.1, 0.15) is 47.2 Å². The van der Waals surface area contributed by atoms with Gasteiger partial charge in [0, 0.05) is 33.4 Å². The number of carbonyl (C=O) groups is 2. The minimum Gasteiger partial charge on any atom is -0.497 e. The number of benzene rings is 3. The summed E-state index contributed by atoms with van der Waals surface area (Å²) in [5, 5.41) is 3.89. The molecule has 1 spiro atoms. The fraction of sp³-hybridized carbons (Fsp3) is 0.233. The second-order valence-electron chi connectivity index (χ2n) is 10.1. The van der Waals surface area contributed by atoms with Crippen molar-refractivity contribution in [1.82, 2.24) is 9.55 Å². The van der Waals surface area contributed by atoms with Gasteiger partial charge in [0.05, 0.1) is 31.2 Å². The van der Waals surface area contributed by atoms with E-state index in [1.165, 1.54) is 4.90 Å². The summed E-state index contributed by atoms with van der Waals surface area (Å²) < 4.78 is 13.0. The van der Waals surface area contributed by atoms with E-state index in [0.29, 0.717) is 55.6 Å². The molecule has 0 radical (unpaired) electrons. The lowest BCUT2D eigenvalue weighted by Crippen LogP contribution is -2.51. The van der Waals surface area contributed by atoms with Gasteiger partial charge in [-0.2, -0.15) is 0 Å². The summed E-state index contributed by atoms with van der Waals surface area (Å²) >= 11 is 12.8. The van der Waals surface area contributed by atoms with Gasteiger partial charge in [-0.25, -0.2) is 4.98 Å². The van der Waals surface area contributed by atoms with Crippen molar-refractivity contribution in [3.63, 3.8) is 0 Å². The highest BCUT2D eigenvalue weighted by Crippen LogP contribution is 2.55. The molecule has 4 aromatic rings. The van der Waals surface area contributed by atoms with Gasteiger partial charge in [0.15, 0.2) is 11.2 Å². The van der Waals surface area contributed by atoms with Crippen LogP contribution in [0.5, 0.6) is 11.5 Å². The summed E-state index contributed by atoms with van der Waals surface area (Å²) in [6.07, 6.45) is 0. The van der Waals surface area contributed by atoms with Gasteiger partial charge in [0.2, 0.25) is 0 Å². The Hall–Kier alpha value is -4.01. The van der Waals surface area contributed by atoms with Gasteiger partial charge in [0.25, 0.3) is 11.8 Å². The molecule has 6 rings (SSSR count). The van der Waals surface area contributed by atoms with Gasteiger partial charge in [-0.05, 0) is 62.7 Å². The molecule has 1 unspecified atom stereocenters. The number of methoxy groups -OCH3 is 2. The molecule has 0 bridgehead atoms. The Morgan fingerprint density at radius 1 is 0.950 bits per heavy atom. The van der Waals surface area contributed by atoms with Gasteiger partial charge in [-0.15, -0.1) is 0 Å². The van der Waals surface area contributed by atoms with Crippen LogP contribution < -0.4 is 19.7 Å². The Labute approximate surface area is 241 Å². The number of nitrogens with zero attached hydrogens (tertiary/aromatic N) is 3. The number of anilines is 2. The summed E-state index contributed by atoms with van der Waals surface area (Å²) in [6, 6.07) is 15.7. The molecular weight excluding hydrogens is 551 g/mol. The highest BCUT2D eigenvalue weighted by atomic mass is 35.5. The van der Waals surface area contributed by atoms with Gasteiger partial charge >= 0.3 is 0 Å². The van der Waals surface area contributed by atoms with Crippen molar-refractivity contribution in [2.24, 2.45) is 0 Å². The third-order valence-corrected chi connectivity index (χ3v) is 7.99. The largest absolute Gasteiger partial charge is 0.497 e. The predicted molar refractivity (Wildman–Crippen MR) is 155 cm³/mol. The number of rotatable bonds is 5. The normalized spacial score (nSPS) is 17.4. The molecule has 8 nitrogen and oxygen atoms in total. The number of ether oxygens (including phenoxy) is 2. The summed E-state index contributed by atoms with van der Waals surface area (Å²) in [6.45, 7) is 5.86. The average molecular weight is 577 g/mol. The van der Waals surface area contributed by atoms with Crippen LogP contribution in [0.2, 0.25) is 10.0 Å². The molecule has 3 aromatic carbocycles. The number of aromatic nitrogens is 2. The monoisotopic (exact) mass is 576 g/mol. The van der Waals surface area contributed by atoms with Crippen LogP contribution in [0.4, 0.5) is 11.4 Å². The van der Waals surface area contributed by atoms with E-state index in [1.54, 1.807) is 56.7 Å². The second-order valence-corrected chi connectivity index (χ2v) is 11.0. The van der Waals surface area contributed by atoms with Crippen LogP contribution in [0.3, 0.4) is 0 Å². The molecule has 3 heterocycles. The smallest absolute Gasteiger partial charge is 0.280 e. The summed E-state index contributed by atoms with van der Waals surface area (Å²) in [7, 11) is 3.14. The van der Waals surface area contributed by atoms with Crippen molar-refractivity contribution in [2.75, 3.05) is 24.4 Å². The first kappa shape index (κ1) is 26.2. The molecule has 40 heavy (non-hydrogen) atoms. The summed E-state index contributed by atoms with van der Waals surface area (Å²) in [5.74, 6) is 0.853. The van der Waals surface area contributed by atoms with Crippen LogP contribution in [0, 0.1) is 6.92 Å². The quantitative estimate of drug-likeness (QED) is 0.288. The molecule has 1 aromatic heterocycles. The Morgan fingerprint density at radius 3 is 2.38 bits per heavy atom. The van der Waals surface area contributed by atoms with Crippen molar-refractivity contribution in [2.45, 2.75) is 32.4 Å². The fourth-order valence-corrected chi connectivity index (χ4v) is 6.15. The van der Waals surface area contributed by atoms with Gasteiger partial charge in [-0.3, -0.25) is 14.5 Å². The molecule has 2 aliphatic rings. The number of imidazole rings is 1. The van der Waals surface area contributed by atoms with Crippen LogP contribution in [-0.4, -0.2) is 35.6 Å². The Morgan fingerprint density at radius 2 is 1.68 bits per heavy atom. The SMILES string of the molecule is COc1ccc(-c2nc3c(n2C(C)C)C2(C(=O)Nc4cc(Cl)ccc42)N(c2cc(Cl)ccc2C)C3=O)c(OC)c1. The molecule has 0 saturated heterocycles. The van der Waals surface area contributed by atoms with Crippen LogP contribution >= 0.6 is 23.2 Å². The maximum Gasteiger partial charge on any atom is 0.280 e. The number of hydrogen-bond acceptors (Lipinski definition) is 5. The van der Waals surface area contributed by atoms with E-state index in [1.807, 2.05) is 37.5 Å². The minimum atomic E-state index is -1.56. The lowest BCUT2D eigenvalue weighted by atomic mass is 9.86. The third-order valence-electron chi connectivity index (χ3n) is 7.52. The van der Waals surface area contributed by atoms with Crippen molar-refractivity contribution >= 4 is 46.4 Å². The van der Waals surface area contributed by atoms with E-state index in [4.69, 9.17) is 37.7 Å². The van der Waals surface area contributed by atoms with Gasteiger partial charge in [-0.1, -0.05) is 35.3 Å². The average Bonchev–Trinajstić information content (AvgIpc) is 3.53. The first-order valence-electron chi connectivity index (χ1n) is 12.7. The zero-order valence-corrected chi connectivity index (χ0v) is 24.0. The second kappa shape index (κ2) is 9.28. The molecule has 0 fully saturated rings. The molecule has 10 heteroatoms. The standard InChI is InChI=1S/C30H26Cl2N4O4/c1-15(2)35-26-25(34-27(35)20-10-9-19(39-4)14-24(20)40-5)28(37)36(23-13-18(32)7-6-16(23)3)30(26)21-11-8-17(31)12-22(21)33-29(30)38/h6-15H,1-5H3,(H,33,38). The number of aryl methyl sites for hydroxylation is 1. The maximum atomic E-state index is 14.5. The number of amides is 2. The number of carbonyl (C=O) groups excluding carboxylic acids is 2. The Bertz CT molecular complexity index is 1730. The van der Waals surface area contributed by atoms with Crippen molar-refractivity contribution in [3.05, 3.63) is 87.2 Å². The Balaban J connectivity index is 1.73. The van der Waals surface area contributed by atoms with E-state index >= 15 is 0 Å². The zero-order valence-electron chi connectivity index (χ0n) is 22.5. The molecule has 204 valence electrons. The molecule has 1 N–H and O–H groups in total. The van der Waals surface area contributed by atoms with Crippen molar-refractivity contribution in [1.29, 1.82) is 0 Å². The number of fused-ring (bicyclic) bond motifs is 4. The number of hydrogen-bond donors (Lipinski definition) is 1. The number of nitrogens with one attached hydrogen (secondary N) is 1. The van der Waals surface area contributed by atoms with Crippen LogP contribution in [0.15, 0.2) is 54.6 Å². The fourth-order valence-electron chi connectivity index (χ4n) is 5.81. The maximum absolute atomic E-state index is 14.5. The molecule has 2 amide bonds. The molecule has 1 atom stereocenters. The molecular formula is C30H26Cl2N4O4. The summed E-state index contributed by atoms with van der Waals surface area (Å²) in [5.41, 5.74) is 2.19. The predicted octanol–water partition coefficient (Wildman–Crippen LogP) is 6.62. The van der Waals surface area contributed by atoms with Crippen LogP contribution in [-0.2, 0) is 10.3 Å². The van der Waals surface area contributed by atoms with Crippen molar-refractivity contribution in [3.8, 4) is 22.9 Å². The van der Waals surface area contributed by atoms with Crippen LogP contribution in [0.25, 0.3) is 11.4 Å². The molecule has 0 saturated carbocycles. The first-order valence-corrected chi connectivity index (χ1v) is 13.5. The lowest BCUT2D eigenvalue weighted by molar-refractivity contribution is -0.119. The topological polar surface area (TPSA) is 85.7 Å². The molecule has 0 aliphatic carbocycles. The van der Waals surface area contributed by atoms with E-state index < -0.39 is 11.4 Å². The van der Waals surface area contributed by atoms with Gasteiger partial charge < -0.3 is 19.4 Å². The summed E-state index contributed by atoms with van der Waals surface area (Å²) in [4.78, 5) is 35.2. The van der Waals surface area contributed by atoms with E-state index in [2.05, 4.69) is 5.32 Å². The van der Waals surface area contributed by atoms with E-state index in [-0.39, 0.29) is 17.6 Å². The lowest BCUT2D eigenvalue weighted by Gasteiger charge is -2.36. The third kappa shape index (κ3) is 3.49. The zero-order chi connectivity index (χ0) is 28.5.